The lowest BCUT2D eigenvalue weighted by atomic mass is 10.1. The minimum absolute atomic E-state index is 0.161. The molecular weight excluding hydrogens is 427 g/mol. The molecule has 9 heteroatoms. The number of hydrogen-bond donors (Lipinski definition) is 1. The van der Waals surface area contributed by atoms with E-state index >= 15 is 0 Å². The molecule has 1 fully saturated rings. The first-order valence-corrected chi connectivity index (χ1v) is 10.0. The van der Waals surface area contributed by atoms with E-state index in [1.165, 1.54) is 6.21 Å². The van der Waals surface area contributed by atoms with Crippen molar-refractivity contribution in [1.29, 1.82) is 5.26 Å². The zero-order valence-corrected chi connectivity index (χ0v) is 17.6. The van der Waals surface area contributed by atoms with Crippen molar-refractivity contribution in [3.8, 4) is 11.8 Å². The van der Waals surface area contributed by atoms with Crippen LogP contribution in [0.15, 0.2) is 41.5 Å². The molecule has 0 radical (unpaired) electrons. The van der Waals surface area contributed by atoms with Gasteiger partial charge in [-0.05, 0) is 23.8 Å². The molecule has 0 atom stereocenters. The van der Waals surface area contributed by atoms with E-state index in [-0.39, 0.29) is 19.1 Å². The van der Waals surface area contributed by atoms with Gasteiger partial charge in [0.05, 0.1) is 47.7 Å². The van der Waals surface area contributed by atoms with E-state index in [1.807, 2.05) is 11.0 Å². The molecule has 0 aliphatic carbocycles. The summed E-state index contributed by atoms with van der Waals surface area (Å²) in [4.78, 5) is 14.0. The van der Waals surface area contributed by atoms with E-state index in [0.717, 1.165) is 18.7 Å². The van der Waals surface area contributed by atoms with E-state index in [2.05, 4.69) is 16.6 Å². The predicted molar refractivity (Wildman–Crippen MR) is 115 cm³/mol. The summed E-state index contributed by atoms with van der Waals surface area (Å²) in [7, 11) is 0. The van der Waals surface area contributed by atoms with Crippen LogP contribution in [0.3, 0.4) is 0 Å². The normalized spacial score (nSPS) is 14.4. The first-order chi connectivity index (χ1) is 14.6. The molecule has 0 saturated carbocycles. The van der Waals surface area contributed by atoms with Gasteiger partial charge in [-0.15, -0.1) is 0 Å². The number of benzene rings is 2. The minimum atomic E-state index is -0.207. The van der Waals surface area contributed by atoms with Crippen LogP contribution in [0.1, 0.15) is 16.7 Å². The first-order valence-electron chi connectivity index (χ1n) is 9.28. The first kappa shape index (κ1) is 22.1. The molecule has 0 unspecified atom stereocenters. The highest BCUT2D eigenvalue weighted by molar-refractivity contribution is 6.37. The average molecular weight is 447 g/mol. The minimum Gasteiger partial charge on any atom is -0.486 e. The monoisotopic (exact) mass is 446 g/mol. The summed E-state index contributed by atoms with van der Waals surface area (Å²) in [6.07, 6.45) is 1.46. The zero-order chi connectivity index (χ0) is 21.3. The second-order valence-corrected chi connectivity index (χ2v) is 7.37. The SMILES string of the molecule is N#Cc1ccccc1COc1c(Cl)cc(/C=N/NC(=O)CN2CCOCC2)cc1Cl. The van der Waals surface area contributed by atoms with Crippen LogP contribution in [0, 0.1) is 11.3 Å². The van der Waals surface area contributed by atoms with Gasteiger partial charge in [-0.1, -0.05) is 41.4 Å². The van der Waals surface area contributed by atoms with Gasteiger partial charge in [0.25, 0.3) is 5.91 Å². The van der Waals surface area contributed by atoms with E-state index in [1.54, 1.807) is 30.3 Å². The summed E-state index contributed by atoms with van der Waals surface area (Å²) < 4.78 is 11.0. The number of nitriles is 1. The van der Waals surface area contributed by atoms with Crippen molar-refractivity contribution in [1.82, 2.24) is 10.3 Å². The maximum Gasteiger partial charge on any atom is 0.254 e. The number of hydrogen-bond acceptors (Lipinski definition) is 6. The Balaban J connectivity index is 1.58. The fraction of sp³-hybridized carbons (Fsp3) is 0.286. The second kappa shape index (κ2) is 11.0. The Hall–Kier alpha value is -2.63. The molecule has 1 aliphatic rings. The molecule has 1 N–H and O–H groups in total. The summed E-state index contributed by atoms with van der Waals surface area (Å²) in [6.45, 7) is 3.13. The van der Waals surface area contributed by atoms with Crippen LogP contribution in [0.5, 0.6) is 5.75 Å². The van der Waals surface area contributed by atoms with Crippen LogP contribution < -0.4 is 10.2 Å². The number of hydrazone groups is 1. The van der Waals surface area contributed by atoms with Crippen LogP contribution in [0.25, 0.3) is 0 Å². The molecule has 1 aliphatic heterocycles. The predicted octanol–water partition coefficient (Wildman–Crippen LogP) is 3.23. The number of amides is 1. The summed E-state index contributed by atoms with van der Waals surface area (Å²) >= 11 is 12.6. The van der Waals surface area contributed by atoms with Gasteiger partial charge in [-0.2, -0.15) is 10.4 Å². The van der Waals surface area contributed by atoms with Gasteiger partial charge in [-0.3, -0.25) is 9.69 Å². The number of carbonyl (C=O) groups is 1. The summed E-state index contributed by atoms with van der Waals surface area (Å²) in [5.41, 5.74) is 4.37. The lowest BCUT2D eigenvalue weighted by Gasteiger charge is -2.25. The quantitative estimate of drug-likeness (QED) is 0.520. The van der Waals surface area contributed by atoms with Crippen molar-refractivity contribution >= 4 is 35.3 Å². The number of halogens is 2. The number of nitrogens with one attached hydrogen (secondary N) is 1. The van der Waals surface area contributed by atoms with E-state index in [9.17, 15) is 4.79 Å². The molecule has 30 heavy (non-hydrogen) atoms. The van der Waals surface area contributed by atoms with Gasteiger partial charge >= 0.3 is 0 Å². The Morgan fingerprint density at radius 3 is 2.67 bits per heavy atom. The average Bonchev–Trinajstić information content (AvgIpc) is 2.74. The van der Waals surface area contributed by atoms with E-state index < -0.39 is 0 Å². The lowest BCUT2D eigenvalue weighted by molar-refractivity contribution is -0.123. The molecule has 0 bridgehead atoms. The number of morpholine rings is 1. The number of nitrogens with zero attached hydrogens (tertiary/aromatic N) is 3. The maximum atomic E-state index is 12.0. The Morgan fingerprint density at radius 2 is 1.97 bits per heavy atom. The zero-order valence-electron chi connectivity index (χ0n) is 16.1. The number of ether oxygens (including phenoxy) is 2. The van der Waals surface area contributed by atoms with Crippen molar-refractivity contribution in [3.63, 3.8) is 0 Å². The third-order valence-corrected chi connectivity index (χ3v) is 4.97. The summed E-state index contributed by atoms with van der Waals surface area (Å²) in [6, 6.07) is 12.5. The van der Waals surface area contributed by atoms with Crippen molar-refractivity contribution in [2.45, 2.75) is 6.61 Å². The van der Waals surface area contributed by atoms with Crippen LogP contribution in [-0.2, 0) is 16.1 Å². The van der Waals surface area contributed by atoms with Crippen molar-refractivity contribution in [3.05, 3.63) is 63.1 Å². The highest BCUT2D eigenvalue weighted by Crippen LogP contribution is 2.34. The third kappa shape index (κ3) is 6.18. The third-order valence-electron chi connectivity index (χ3n) is 4.40. The smallest absolute Gasteiger partial charge is 0.254 e. The standard InChI is InChI=1S/C21H20Cl2N4O3/c22-18-9-15(12-25-26-20(28)13-27-5-7-29-8-6-27)10-19(23)21(18)30-14-17-4-2-1-3-16(17)11-24/h1-4,9-10,12H,5-8,13-14H2,(H,26,28)/b25-12+. The van der Waals surface area contributed by atoms with Crippen molar-refractivity contribution in [2.24, 2.45) is 5.10 Å². The maximum absolute atomic E-state index is 12.0. The molecule has 0 aromatic heterocycles. The highest BCUT2D eigenvalue weighted by atomic mass is 35.5. The lowest BCUT2D eigenvalue weighted by Crippen LogP contribution is -2.42. The van der Waals surface area contributed by atoms with E-state index in [4.69, 9.17) is 37.9 Å². The fourth-order valence-corrected chi connectivity index (χ4v) is 3.49. The molecule has 1 saturated heterocycles. The summed E-state index contributed by atoms with van der Waals surface area (Å²) in [5, 5.41) is 13.7. The Bertz CT molecular complexity index is 946. The van der Waals surface area contributed by atoms with Crippen molar-refractivity contribution in [2.75, 3.05) is 32.8 Å². The Labute approximate surface area is 184 Å². The number of carbonyl (C=O) groups excluding carboxylic acids is 1. The van der Waals surface area contributed by atoms with Gasteiger partial charge in [0.2, 0.25) is 0 Å². The molecular formula is C21H20Cl2N4O3. The van der Waals surface area contributed by atoms with Crippen LogP contribution in [-0.4, -0.2) is 49.9 Å². The fourth-order valence-electron chi connectivity index (χ4n) is 2.87. The molecule has 156 valence electrons. The highest BCUT2D eigenvalue weighted by Gasteiger charge is 2.14. The second-order valence-electron chi connectivity index (χ2n) is 6.55. The van der Waals surface area contributed by atoms with Gasteiger partial charge in [-0.25, -0.2) is 5.43 Å². The molecule has 7 nitrogen and oxygen atoms in total. The van der Waals surface area contributed by atoms with Gasteiger partial charge in [0.1, 0.15) is 6.61 Å². The number of rotatable bonds is 7. The van der Waals surface area contributed by atoms with Gasteiger partial charge in [0.15, 0.2) is 5.75 Å². The topological polar surface area (TPSA) is 86.9 Å². The Morgan fingerprint density at radius 1 is 1.27 bits per heavy atom. The van der Waals surface area contributed by atoms with Crippen LogP contribution >= 0.6 is 23.2 Å². The molecule has 1 amide bonds. The molecule has 0 spiro atoms. The van der Waals surface area contributed by atoms with Crippen molar-refractivity contribution < 1.29 is 14.3 Å². The summed E-state index contributed by atoms with van der Waals surface area (Å²) in [5.74, 6) is 0.112. The van der Waals surface area contributed by atoms with Gasteiger partial charge in [0, 0.05) is 18.7 Å². The molecule has 2 aromatic rings. The Kier molecular flexibility index (Phi) is 8.05. The van der Waals surface area contributed by atoms with Gasteiger partial charge < -0.3 is 9.47 Å². The molecule has 1 heterocycles. The molecule has 2 aromatic carbocycles. The van der Waals surface area contributed by atoms with Crippen LogP contribution in [0.4, 0.5) is 0 Å². The van der Waals surface area contributed by atoms with E-state index in [0.29, 0.717) is 40.1 Å². The molecule has 3 rings (SSSR count). The largest absolute Gasteiger partial charge is 0.486 e. The van der Waals surface area contributed by atoms with Crippen LogP contribution in [0.2, 0.25) is 10.0 Å².